The van der Waals surface area contributed by atoms with Gasteiger partial charge in [0.1, 0.15) is 5.75 Å². The molecule has 114 valence electrons. The molecule has 0 aliphatic rings. The van der Waals surface area contributed by atoms with Crippen LogP contribution in [0.5, 0.6) is 5.75 Å². The average Bonchev–Trinajstić information content (AvgIpc) is 2.46. The molecule has 0 aliphatic carbocycles. The van der Waals surface area contributed by atoms with Crippen molar-refractivity contribution in [3.8, 4) is 5.75 Å². The molecule has 0 unspecified atom stereocenters. The minimum atomic E-state index is 0.632. The van der Waals surface area contributed by atoms with Crippen LogP contribution in [0.25, 0.3) is 0 Å². The Balaban J connectivity index is 2.59. The lowest BCUT2D eigenvalue weighted by Crippen LogP contribution is -2.19. The third-order valence-corrected chi connectivity index (χ3v) is 3.94. The van der Waals surface area contributed by atoms with Crippen LogP contribution in [0.2, 0.25) is 0 Å². The quantitative estimate of drug-likeness (QED) is 0.651. The summed E-state index contributed by atoms with van der Waals surface area (Å²) in [7, 11) is 1.71. The molecule has 0 saturated carbocycles. The number of ether oxygens (including phenoxy) is 2. The van der Waals surface area contributed by atoms with Gasteiger partial charge in [-0.1, -0.05) is 42.6 Å². The highest BCUT2D eigenvalue weighted by Gasteiger charge is 2.08. The van der Waals surface area contributed by atoms with Crippen LogP contribution in [0.4, 0.5) is 0 Å². The molecular weight excluding hydrogens is 318 g/mol. The number of halogens is 1. The van der Waals surface area contributed by atoms with Crippen molar-refractivity contribution in [1.82, 2.24) is 5.32 Å². The van der Waals surface area contributed by atoms with Crippen LogP contribution in [0.3, 0.4) is 0 Å². The van der Waals surface area contributed by atoms with Crippen molar-refractivity contribution in [3.05, 3.63) is 28.2 Å². The van der Waals surface area contributed by atoms with Crippen LogP contribution in [0, 0.1) is 5.92 Å². The molecule has 0 spiro atoms. The van der Waals surface area contributed by atoms with E-state index in [1.165, 1.54) is 5.56 Å². The molecular formula is C16H26BrNO2. The van der Waals surface area contributed by atoms with E-state index in [0.717, 1.165) is 49.4 Å². The van der Waals surface area contributed by atoms with Gasteiger partial charge < -0.3 is 14.8 Å². The van der Waals surface area contributed by atoms with Gasteiger partial charge in [0.2, 0.25) is 0 Å². The predicted octanol–water partition coefficient (Wildman–Crippen LogP) is 4.00. The maximum atomic E-state index is 6.00. The van der Waals surface area contributed by atoms with Gasteiger partial charge in [-0.3, -0.25) is 0 Å². The SMILES string of the molecule is CCC(CC)COc1ccc(Br)cc1CNCCOC. The summed E-state index contributed by atoms with van der Waals surface area (Å²) in [6.07, 6.45) is 2.32. The van der Waals surface area contributed by atoms with E-state index in [1.54, 1.807) is 7.11 Å². The summed E-state index contributed by atoms with van der Waals surface area (Å²) in [5.74, 6) is 1.61. The lowest BCUT2D eigenvalue weighted by atomic mass is 10.1. The van der Waals surface area contributed by atoms with E-state index in [4.69, 9.17) is 9.47 Å². The lowest BCUT2D eigenvalue weighted by molar-refractivity contribution is 0.198. The second kappa shape index (κ2) is 10.2. The van der Waals surface area contributed by atoms with Crippen molar-refractivity contribution >= 4 is 15.9 Å². The van der Waals surface area contributed by atoms with Gasteiger partial charge in [-0.15, -0.1) is 0 Å². The molecule has 0 radical (unpaired) electrons. The first-order chi connectivity index (χ1) is 9.71. The molecule has 3 nitrogen and oxygen atoms in total. The van der Waals surface area contributed by atoms with E-state index >= 15 is 0 Å². The summed E-state index contributed by atoms with van der Waals surface area (Å²) in [5, 5.41) is 3.36. The van der Waals surface area contributed by atoms with E-state index in [2.05, 4.69) is 41.2 Å². The predicted molar refractivity (Wildman–Crippen MR) is 87.3 cm³/mol. The fourth-order valence-corrected chi connectivity index (χ4v) is 2.36. The first kappa shape index (κ1) is 17.5. The highest BCUT2D eigenvalue weighted by Crippen LogP contribution is 2.24. The fraction of sp³-hybridized carbons (Fsp3) is 0.625. The molecule has 1 aromatic carbocycles. The zero-order valence-corrected chi connectivity index (χ0v) is 14.3. The zero-order chi connectivity index (χ0) is 14.8. The largest absolute Gasteiger partial charge is 0.493 e. The first-order valence-corrected chi connectivity index (χ1v) is 8.11. The normalized spacial score (nSPS) is 11.1. The Morgan fingerprint density at radius 2 is 2.00 bits per heavy atom. The Morgan fingerprint density at radius 1 is 1.25 bits per heavy atom. The minimum absolute atomic E-state index is 0.632. The van der Waals surface area contributed by atoms with Crippen LogP contribution in [0.15, 0.2) is 22.7 Å². The van der Waals surface area contributed by atoms with Crippen molar-refractivity contribution in [2.45, 2.75) is 33.2 Å². The number of hydrogen-bond donors (Lipinski definition) is 1. The molecule has 1 rings (SSSR count). The Kier molecular flexibility index (Phi) is 8.90. The van der Waals surface area contributed by atoms with Crippen LogP contribution < -0.4 is 10.1 Å². The number of nitrogens with one attached hydrogen (secondary N) is 1. The van der Waals surface area contributed by atoms with E-state index in [0.29, 0.717) is 5.92 Å². The Bertz CT molecular complexity index is 381. The molecule has 0 fully saturated rings. The van der Waals surface area contributed by atoms with Gasteiger partial charge in [0.25, 0.3) is 0 Å². The number of benzene rings is 1. The highest BCUT2D eigenvalue weighted by atomic mass is 79.9. The second-order valence-corrected chi connectivity index (χ2v) is 5.83. The van der Waals surface area contributed by atoms with Gasteiger partial charge in [0.05, 0.1) is 13.2 Å². The maximum absolute atomic E-state index is 6.00. The molecule has 0 heterocycles. The smallest absolute Gasteiger partial charge is 0.123 e. The van der Waals surface area contributed by atoms with Crippen LogP contribution >= 0.6 is 15.9 Å². The Labute approximate surface area is 131 Å². The van der Waals surface area contributed by atoms with Crippen LogP contribution in [-0.2, 0) is 11.3 Å². The van der Waals surface area contributed by atoms with Crippen molar-refractivity contribution in [3.63, 3.8) is 0 Å². The molecule has 0 atom stereocenters. The summed E-state index contributed by atoms with van der Waals surface area (Å²) >= 11 is 3.52. The molecule has 0 amide bonds. The molecule has 20 heavy (non-hydrogen) atoms. The monoisotopic (exact) mass is 343 g/mol. The van der Waals surface area contributed by atoms with Gasteiger partial charge in [-0.25, -0.2) is 0 Å². The van der Waals surface area contributed by atoms with E-state index in [9.17, 15) is 0 Å². The average molecular weight is 344 g/mol. The molecule has 0 bridgehead atoms. The van der Waals surface area contributed by atoms with Gasteiger partial charge in [0.15, 0.2) is 0 Å². The second-order valence-electron chi connectivity index (χ2n) is 4.92. The minimum Gasteiger partial charge on any atom is -0.493 e. The lowest BCUT2D eigenvalue weighted by Gasteiger charge is -2.17. The van der Waals surface area contributed by atoms with Crippen LogP contribution in [-0.4, -0.2) is 26.9 Å². The molecule has 0 aliphatic heterocycles. The maximum Gasteiger partial charge on any atom is 0.123 e. The fourth-order valence-electron chi connectivity index (χ4n) is 1.96. The number of hydrogen-bond acceptors (Lipinski definition) is 3. The molecule has 1 aromatic rings. The van der Waals surface area contributed by atoms with E-state index in [-0.39, 0.29) is 0 Å². The van der Waals surface area contributed by atoms with Gasteiger partial charge >= 0.3 is 0 Å². The summed E-state index contributed by atoms with van der Waals surface area (Å²) in [4.78, 5) is 0. The van der Waals surface area contributed by atoms with E-state index in [1.807, 2.05) is 12.1 Å². The van der Waals surface area contributed by atoms with Crippen molar-refractivity contribution in [1.29, 1.82) is 0 Å². The molecule has 4 heteroatoms. The van der Waals surface area contributed by atoms with Crippen molar-refractivity contribution in [2.75, 3.05) is 26.9 Å². The van der Waals surface area contributed by atoms with Gasteiger partial charge in [-0.05, 0) is 24.1 Å². The number of methoxy groups -OCH3 is 1. The third kappa shape index (κ3) is 6.25. The topological polar surface area (TPSA) is 30.5 Å². The zero-order valence-electron chi connectivity index (χ0n) is 12.7. The van der Waals surface area contributed by atoms with Gasteiger partial charge in [0, 0.05) is 30.2 Å². The standard InChI is InChI=1S/C16H26BrNO2/c1-4-13(5-2)12-20-16-7-6-15(17)10-14(16)11-18-8-9-19-3/h6-7,10,13,18H,4-5,8-9,11-12H2,1-3H3. The van der Waals surface area contributed by atoms with Crippen LogP contribution in [0.1, 0.15) is 32.3 Å². The third-order valence-electron chi connectivity index (χ3n) is 3.45. The molecule has 0 aromatic heterocycles. The highest BCUT2D eigenvalue weighted by molar-refractivity contribution is 9.10. The van der Waals surface area contributed by atoms with Crippen molar-refractivity contribution in [2.24, 2.45) is 5.92 Å². The summed E-state index contributed by atoms with van der Waals surface area (Å²) in [6.45, 7) is 7.58. The first-order valence-electron chi connectivity index (χ1n) is 7.32. The summed E-state index contributed by atoms with van der Waals surface area (Å²) < 4.78 is 12.1. The van der Waals surface area contributed by atoms with Gasteiger partial charge in [-0.2, -0.15) is 0 Å². The Hall–Kier alpha value is -0.580. The Morgan fingerprint density at radius 3 is 2.65 bits per heavy atom. The van der Waals surface area contributed by atoms with E-state index < -0.39 is 0 Å². The molecule has 1 N–H and O–H groups in total. The van der Waals surface area contributed by atoms with Crippen molar-refractivity contribution < 1.29 is 9.47 Å². The number of rotatable bonds is 10. The summed E-state index contributed by atoms with van der Waals surface area (Å²) in [5.41, 5.74) is 1.18. The molecule has 0 saturated heterocycles. The summed E-state index contributed by atoms with van der Waals surface area (Å²) in [6, 6.07) is 6.18.